The highest BCUT2D eigenvalue weighted by Gasteiger charge is 2.31. The zero-order valence-electron chi connectivity index (χ0n) is 14.2. The number of rotatable bonds is 0. The molecule has 1 N–H and O–H groups in total. The standard InChI is InChI=1S/C20H23N3O/c1-21-12-14-22(15-13-21)20(24)23-18-8-4-2-6-16(18)10-11-17-7-3-5-9-19(17)23/h2-9H,10-15H2,1H3/p+1. The largest absolute Gasteiger partial charge is 0.334 e. The van der Waals surface area contributed by atoms with E-state index in [-0.39, 0.29) is 6.03 Å². The maximum atomic E-state index is 13.4. The molecule has 4 heteroatoms. The lowest BCUT2D eigenvalue weighted by atomic mass is 10.0. The summed E-state index contributed by atoms with van der Waals surface area (Å²) < 4.78 is 0. The van der Waals surface area contributed by atoms with Gasteiger partial charge >= 0.3 is 6.03 Å². The molecule has 2 heterocycles. The third-order valence-electron chi connectivity index (χ3n) is 5.21. The van der Waals surface area contributed by atoms with Gasteiger partial charge in [0.15, 0.2) is 0 Å². The van der Waals surface area contributed by atoms with Gasteiger partial charge in [0.2, 0.25) is 0 Å². The molecule has 1 fully saturated rings. The first-order valence-electron chi connectivity index (χ1n) is 8.80. The molecule has 0 atom stereocenters. The number of hydrogen-bond acceptors (Lipinski definition) is 1. The normalized spacial score (nSPS) is 17.9. The van der Waals surface area contributed by atoms with E-state index in [1.807, 2.05) is 21.9 Å². The number of fused-ring (bicyclic) bond motifs is 2. The molecule has 2 aromatic carbocycles. The Morgan fingerprint density at radius 2 is 1.38 bits per heavy atom. The van der Waals surface area contributed by atoms with Gasteiger partial charge in [-0.15, -0.1) is 0 Å². The van der Waals surface area contributed by atoms with Gasteiger partial charge in [-0.05, 0) is 36.1 Å². The molecule has 0 bridgehead atoms. The number of nitrogens with one attached hydrogen (secondary N) is 1. The monoisotopic (exact) mass is 322 g/mol. The van der Waals surface area contributed by atoms with E-state index in [9.17, 15) is 4.79 Å². The fourth-order valence-corrected chi connectivity index (χ4v) is 3.71. The number of benzene rings is 2. The van der Waals surface area contributed by atoms with Crippen LogP contribution in [0.3, 0.4) is 0 Å². The number of anilines is 2. The molecule has 2 aromatic rings. The van der Waals surface area contributed by atoms with Crippen LogP contribution in [0.25, 0.3) is 0 Å². The summed E-state index contributed by atoms with van der Waals surface area (Å²) in [7, 11) is 2.19. The van der Waals surface area contributed by atoms with Crippen LogP contribution in [0.2, 0.25) is 0 Å². The van der Waals surface area contributed by atoms with Crippen LogP contribution in [0, 0.1) is 0 Å². The second-order valence-electron chi connectivity index (χ2n) is 6.82. The maximum absolute atomic E-state index is 13.4. The number of carbonyl (C=O) groups is 1. The first-order chi connectivity index (χ1) is 11.7. The second-order valence-corrected chi connectivity index (χ2v) is 6.82. The summed E-state index contributed by atoms with van der Waals surface area (Å²) in [4.78, 5) is 18.8. The van der Waals surface area contributed by atoms with Crippen LogP contribution in [0.5, 0.6) is 0 Å². The van der Waals surface area contributed by atoms with E-state index in [0.29, 0.717) is 0 Å². The van der Waals surface area contributed by atoms with Gasteiger partial charge in [-0.1, -0.05) is 36.4 Å². The summed E-state index contributed by atoms with van der Waals surface area (Å²) in [6, 6.07) is 16.8. The number of aryl methyl sites for hydroxylation is 2. The molecule has 0 spiro atoms. The van der Waals surface area contributed by atoms with Crippen molar-refractivity contribution in [3.63, 3.8) is 0 Å². The Labute approximate surface area is 143 Å². The number of nitrogens with zero attached hydrogens (tertiary/aromatic N) is 2. The lowest BCUT2D eigenvalue weighted by Crippen LogP contribution is -3.12. The number of para-hydroxylation sites is 2. The summed E-state index contributed by atoms with van der Waals surface area (Å²) in [5, 5.41) is 0. The number of quaternary nitrogens is 1. The predicted molar refractivity (Wildman–Crippen MR) is 96.0 cm³/mol. The Hall–Kier alpha value is -2.33. The van der Waals surface area contributed by atoms with Crippen molar-refractivity contribution in [3.05, 3.63) is 59.7 Å². The molecule has 4 rings (SSSR count). The fraction of sp³-hybridized carbons (Fsp3) is 0.350. The summed E-state index contributed by atoms with van der Waals surface area (Å²) in [5.74, 6) is 0. The lowest BCUT2D eigenvalue weighted by Gasteiger charge is -2.35. The van der Waals surface area contributed by atoms with Crippen molar-refractivity contribution in [1.29, 1.82) is 0 Å². The molecular formula is C20H24N3O+. The van der Waals surface area contributed by atoms with Crippen LogP contribution in [-0.4, -0.2) is 44.2 Å². The smallest absolute Gasteiger partial charge is 0.329 e. The average molecular weight is 322 g/mol. The number of hydrogen-bond donors (Lipinski definition) is 1. The van der Waals surface area contributed by atoms with Crippen LogP contribution in [0.15, 0.2) is 48.5 Å². The van der Waals surface area contributed by atoms with E-state index in [1.54, 1.807) is 0 Å². The van der Waals surface area contributed by atoms with Gasteiger partial charge in [0.25, 0.3) is 0 Å². The SMILES string of the molecule is C[NH+]1CCN(C(=O)N2c3ccccc3CCc3ccccc32)CC1. The summed E-state index contributed by atoms with van der Waals surface area (Å²) in [6.45, 7) is 3.68. The van der Waals surface area contributed by atoms with Crippen molar-refractivity contribution in [2.75, 3.05) is 38.1 Å². The molecule has 0 aromatic heterocycles. The van der Waals surface area contributed by atoms with Crippen molar-refractivity contribution in [1.82, 2.24) is 4.90 Å². The van der Waals surface area contributed by atoms with Crippen LogP contribution >= 0.6 is 0 Å². The van der Waals surface area contributed by atoms with E-state index >= 15 is 0 Å². The van der Waals surface area contributed by atoms with E-state index < -0.39 is 0 Å². The minimum atomic E-state index is 0.115. The van der Waals surface area contributed by atoms with Crippen molar-refractivity contribution < 1.29 is 9.69 Å². The van der Waals surface area contributed by atoms with Gasteiger partial charge in [0.05, 0.1) is 44.6 Å². The van der Waals surface area contributed by atoms with Crippen molar-refractivity contribution >= 4 is 17.4 Å². The van der Waals surface area contributed by atoms with Crippen LogP contribution < -0.4 is 9.80 Å². The quantitative estimate of drug-likeness (QED) is 0.788. The fourth-order valence-electron chi connectivity index (χ4n) is 3.71. The third kappa shape index (κ3) is 2.67. The number of urea groups is 1. The third-order valence-corrected chi connectivity index (χ3v) is 5.21. The van der Waals surface area contributed by atoms with E-state index in [2.05, 4.69) is 43.4 Å². The molecule has 0 radical (unpaired) electrons. The minimum absolute atomic E-state index is 0.115. The van der Waals surface area contributed by atoms with Gasteiger partial charge in [-0.3, -0.25) is 4.90 Å². The number of amides is 2. The number of piperazine rings is 1. The Bertz CT molecular complexity index is 703. The maximum Gasteiger partial charge on any atom is 0.329 e. The van der Waals surface area contributed by atoms with E-state index in [0.717, 1.165) is 50.4 Å². The van der Waals surface area contributed by atoms with Crippen LogP contribution in [0.1, 0.15) is 11.1 Å². The van der Waals surface area contributed by atoms with E-state index in [4.69, 9.17) is 0 Å². The minimum Gasteiger partial charge on any atom is -0.334 e. The lowest BCUT2D eigenvalue weighted by molar-refractivity contribution is -0.883. The van der Waals surface area contributed by atoms with Gasteiger partial charge in [0, 0.05) is 0 Å². The molecule has 24 heavy (non-hydrogen) atoms. The van der Waals surface area contributed by atoms with Crippen molar-refractivity contribution in [3.8, 4) is 0 Å². The molecule has 124 valence electrons. The number of likely N-dealkylation sites (N-methyl/N-ethyl adjacent to an activating group) is 1. The predicted octanol–water partition coefficient (Wildman–Crippen LogP) is 1.87. The molecule has 2 aliphatic heterocycles. The second kappa shape index (κ2) is 6.29. The first-order valence-corrected chi connectivity index (χ1v) is 8.80. The summed E-state index contributed by atoms with van der Waals surface area (Å²) >= 11 is 0. The van der Waals surface area contributed by atoms with Crippen LogP contribution in [-0.2, 0) is 12.8 Å². The molecule has 2 aliphatic rings. The van der Waals surface area contributed by atoms with Crippen molar-refractivity contribution in [2.24, 2.45) is 0 Å². The molecule has 0 unspecified atom stereocenters. The van der Waals surface area contributed by atoms with Gasteiger partial charge in [-0.25, -0.2) is 4.79 Å². The summed E-state index contributed by atoms with van der Waals surface area (Å²) in [5.41, 5.74) is 4.58. The zero-order chi connectivity index (χ0) is 16.5. The van der Waals surface area contributed by atoms with Gasteiger partial charge in [0.1, 0.15) is 0 Å². The molecular weight excluding hydrogens is 298 g/mol. The Kier molecular flexibility index (Phi) is 3.98. The molecule has 0 aliphatic carbocycles. The van der Waals surface area contributed by atoms with Gasteiger partial charge < -0.3 is 9.80 Å². The Morgan fingerprint density at radius 3 is 1.92 bits per heavy atom. The highest BCUT2D eigenvalue weighted by molar-refractivity contribution is 6.01. The molecule has 1 saturated heterocycles. The van der Waals surface area contributed by atoms with Crippen molar-refractivity contribution in [2.45, 2.75) is 12.8 Å². The van der Waals surface area contributed by atoms with Gasteiger partial charge in [-0.2, -0.15) is 0 Å². The Morgan fingerprint density at radius 1 is 0.875 bits per heavy atom. The average Bonchev–Trinajstić information content (AvgIpc) is 2.79. The first kappa shape index (κ1) is 15.2. The Balaban J connectivity index is 1.77. The van der Waals surface area contributed by atoms with Crippen LogP contribution in [0.4, 0.5) is 16.2 Å². The molecule has 4 nitrogen and oxygen atoms in total. The molecule has 0 saturated carbocycles. The summed E-state index contributed by atoms with van der Waals surface area (Å²) in [6.07, 6.45) is 1.95. The highest BCUT2D eigenvalue weighted by atomic mass is 16.2. The molecule has 2 amide bonds. The number of carbonyl (C=O) groups excluding carboxylic acids is 1. The zero-order valence-corrected chi connectivity index (χ0v) is 14.2. The van der Waals surface area contributed by atoms with E-state index in [1.165, 1.54) is 16.0 Å². The highest BCUT2D eigenvalue weighted by Crippen LogP contribution is 2.36. The topological polar surface area (TPSA) is 28.0 Å².